The predicted octanol–water partition coefficient (Wildman–Crippen LogP) is 2.83. The molecular weight excluding hydrogens is 262 g/mol. The minimum atomic E-state index is 0.513. The molecule has 118 valence electrons. The van der Waals surface area contributed by atoms with Crippen LogP contribution < -0.4 is 15.4 Å². The second-order valence-corrected chi connectivity index (χ2v) is 6.61. The molecule has 0 saturated carbocycles. The Bertz CT molecular complexity index is 451. The van der Waals surface area contributed by atoms with Crippen LogP contribution in [0, 0.1) is 5.92 Å². The van der Waals surface area contributed by atoms with Gasteiger partial charge < -0.3 is 20.3 Å². The normalized spacial score (nSPS) is 16.8. The Labute approximate surface area is 128 Å². The van der Waals surface area contributed by atoms with Gasteiger partial charge >= 0.3 is 0 Å². The van der Waals surface area contributed by atoms with Gasteiger partial charge in [0.25, 0.3) is 0 Å². The molecule has 0 radical (unpaired) electrons. The highest BCUT2D eigenvalue weighted by Gasteiger charge is 2.22. The van der Waals surface area contributed by atoms with E-state index in [0.717, 1.165) is 31.1 Å². The lowest BCUT2D eigenvalue weighted by Gasteiger charge is -2.37. The molecule has 1 heterocycles. The van der Waals surface area contributed by atoms with Crippen molar-refractivity contribution in [3.8, 4) is 5.75 Å². The van der Waals surface area contributed by atoms with E-state index in [2.05, 4.69) is 43.8 Å². The summed E-state index contributed by atoms with van der Waals surface area (Å²) in [6, 6.07) is 6.71. The number of nitrogens with zero attached hydrogens (tertiary/aromatic N) is 2. The third kappa shape index (κ3) is 4.27. The van der Waals surface area contributed by atoms with Crippen molar-refractivity contribution in [2.24, 2.45) is 5.92 Å². The van der Waals surface area contributed by atoms with Gasteiger partial charge in [0.1, 0.15) is 5.75 Å². The zero-order chi connectivity index (χ0) is 15.4. The number of hydrogen-bond acceptors (Lipinski definition) is 4. The van der Waals surface area contributed by atoms with Crippen LogP contribution in [-0.2, 0) is 0 Å². The van der Waals surface area contributed by atoms with Gasteiger partial charge in [-0.15, -0.1) is 0 Å². The van der Waals surface area contributed by atoms with Gasteiger partial charge in [-0.05, 0) is 45.0 Å². The molecule has 1 fully saturated rings. The van der Waals surface area contributed by atoms with Crippen LogP contribution in [0.5, 0.6) is 5.75 Å². The zero-order valence-corrected chi connectivity index (χ0v) is 13.8. The standard InChI is InChI=1S/C17H29N3O/c1-13(2)12-21-17-11-14(18)5-6-16(17)20-9-7-15(8-10-20)19(3)4/h5-6,11,13,15H,7-10,12,18H2,1-4H3. The molecule has 1 aromatic carbocycles. The molecular formula is C17H29N3O. The topological polar surface area (TPSA) is 41.7 Å². The number of anilines is 2. The second-order valence-electron chi connectivity index (χ2n) is 6.61. The molecule has 2 N–H and O–H groups in total. The minimum Gasteiger partial charge on any atom is -0.491 e. The minimum absolute atomic E-state index is 0.513. The largest absolute Gasteiger partial charge is 0.491 e. The number of nitrogens with two attached hydrogens (primary N) is 1. The van der Waals surface area contributed by atoms with Crippen LogP contribution in [0.25, 0.3) is 0 Å². The summed E-state index contributed by atoms with van der Waals surface area (Å²) in [5.74, 6) is 1.44. The first kappa shape index (κ1) is 16.0. The maximum Gasteiger partial charge on any atom is 0.144 e. The van der Waals surface area contributed by atoms with E-state index in [0.29, 0.717) is 12.0 Å². The summed E-state index contributed by atoms with van der Waals surface area (Å²) in [6.07, 6.45) is 2.39. The van der Waals surface area contributed by atoms with Crippen LogP contribution in [0.3, 0.4) is 0 Å². The fourth-order valence-electron chi connectivity index (χ4n) is 2.79. The Morgan fingerprint density at radius 2 is 1.95 bits per heavy atom. The Morgan fingerprint density at radius 1 is 1.29 bits per heavy atom. The van der Waals surface area contributed by atoms with E-state index in [9.17, 15) is 0 Å². The first-order valence-corrected chi connectivity index (χ1v) is 7.91. The molecule has 1 aliphatic heterocycles. The SMILES string of the molecule is CC(C)COc1cc(N)ccc1N1CCC(N(C)C)CC1. The second kappa shape index (κ2) is 7.03. The van der Waals surface area contributed by atoms with Crippen LogP contribution in [0.2, 0.25) is 0 Å². The van der Waals surface area contributed by atoms with Crippen LogP contribution in [0.15, 0.2) is 18.2 Å². The number of rotatable bonds is 5. The molecule has 0 aliphatic carbocycles. The number of nitrogen functional groups attached to an aromatic ring is 1. The fraction of sp³-hybridized carbons (Fsp3) is 0.647. The summed E-state index contributed by atoms with van der Waals surface area (Å²) in [7, 11) is 4.33. The average Bonchev–Trinajstić information content (AvgIpc) is 2.45. The average molecular weight is 291 g/mol. The van der Waals surface area contributed by atoms with Gasteiger partial charge in [0.05, 0.1) is 12.3 Å². The molecule has 21 heavy (non-hydrogen) atoms. The van der Waals surface area contributed by atoms with E-state index in [-0.39, 0.29) is 0 Å². The molecule has 1 aliphatic rings. The molecule has 0 amide bonds. The summed E-state index contributed by atoms with van der Waals surface area (Å²) < 4.78 is 5.97. The molecule has 0 spiro atoms. The van der Waals surface area contributed by atoms with Crippen molar-refractivity contribution in [1.82, 2.24) is 4.90 Å². The lowest BCUT2D eigenvalue weighted by atomic mass is 10.0. The summed E-state index contributed by atoms with van der Waals surface area (Å²) in [4.78, 5) is 4.76. The Morgan fingerprint density at radius 3 is 2.52 bits per heavy atom. The van der Waals surface area contributed by atoms with Crippen molar-refractivity contribution >= 4 is 11.4 Å². The van der Waals surface area contributed by atoms with Crippen molar-refractivity contribution in [2.75, 3.05) is 44.4 Å². The van der Waals surface area contributed by atoms with Crippen molar-refractivity contribution in [3.05, 3.63) is 18.2 Å². The third-order valence-electron chi connectivity index (χ3n) is 4.09. The molecule has 1 aromatic rings. The number of hydrogen-bond donors (Lipinski definition) is 1. The van der Waals surface area contributed by atoms with Gasteiger partial charge in [-0.25, -0.2) is 0 Å². The summed E-state index contributed by atoms with van der Waals surface area (Å²) >= 11 is 0. The van der Waals surface area contributed by atoms with Gasteiger partial charge in [0.15, 0.2) is 0 Å². The monoisotopic (exact) mass is 291 g/mol. The van der Waals surface area contributed by atoms with Crippen molar-refractivity contribution in [3.63, 3.8) is 0 Å². The Kier molecular flexibility index (Phi) is 5.34. The molecule has 0 bridgehead atoms. The summed E-state index contributed by atoms with van der Waals surface area (Å²) in [5.41, 5.74) is 7.87. The molecule has 2 rings (SSSR count). The summed E-state index contributed by atoms with van der Waals surface area (Å²) in [5, 5.41) is 0. The van der Waals surface area contributed by atoms with Crippen LogP contribution in [-0.4, -0.2) is 44.7 Å². The first-order chi connectivity index (χ1) is 9.97. The van der Waals surface area contributed by atoms with Crippen LogP contribution in [0.4, 0.5) is 11.4 Å². The van der Waals surface area contributed by atoms with E-state index in [4.69, 9.17) is 10.5 Å². The first-order valence-electron chi connectivity index (χ1n) is 7.91. The van der Waals surface area contributed by atoms with Gasteiger partial charge in [-0.3, -0.25) is 0 Å². The molecule has 1 saturated heterocycles. The molecule has 0 unspecified atom stereocenters. The van der Waals surface area contributed by atoms with E-state index in [1.54, 1.807) is 0 Å². The highest BCUT2D eigenvalue weighted by atomic mass is 16.5. The smallest absolute Gasteiger partial charge is 0.144 e. The van der Waals surface area contributed by atoms with Crippen molar-refractivity contribution < 1.29 is 4.74 Å². The lowest BCUT2D eigenvalue weighted by Crippen LogP contribution is -2.42. The number of benzene rings is 1. The Hall–Kier alpha value is -1.42. The highest BCUT2D eigenvalue weighted by molar-refractivity contribution is 5.64. The van der Waals surface area contributed by atoms with Gasteiger partial charge in [-0.2, -0.15) is 0 Å². The quantitative estimate of drug-likeness (QED) is 0.847. The fourth-order valence-corrected chi connectivity index (χ4v) is 2.79. The summed E-state index contributed by atoms with van der Waals surface area (Å²) in [6.45, 7) is 7.20. The van der Waals surface area contributed by atoms with Crippen molar-refractivity contribution in [2.45, 2.75) is 32.7 Å². The number of ether oxygens (including phenoxy) is 1. The van der Waals surface area contributed by atoms with E-state index >= 15 is 0 Å². The van der Waals surface area contributed by atoms with Crippen molar-refractivity contribution in [1.29, 1.82) is 0 Å². The molecule has 4 heteroatoms. The molecule has 0 aromatic heterocycles. The predicted molar refractivity (Wildman–Crippen MR) is 90.1 cm³/mol. The lowest BCUT2D eigenvalue weighted by molar-refractivity contribution is 0.247. The van der Waals surface area contributed by atoms with Crippen LogP contribution in [0.1, 0.15) is 26.7 Å². The van der Waals surface area contributed by atoms with Gasteiger partial charge in [0.2, 0.25) is 0 Å². The van der Waals surface area contributed by atoms with Gasteiger partial charge in [-0.1, -0.05) is 13.8 Å². The van der Waals surface area contributed by atoms with E-state index < -0.39 is 0 Å². The zero-order valence-electron chi connectivity index (χ0n) is 13.8. The van der Waals surface area contributed by atoms with Gasteiger partial charge in [0, 0.05) is 30.9 Å². The molecule has 0 atom stereocenters. The molecule has 4 nitrogen and oxygen atoms in total. The maximum absolute atomic E-state index is 5.97. The number of piperidine rings is 1. The van der Waals surface area contributed by atoms with Crippen LogP contribution >= 0.6 is 0 Å². The van der Waals surface area contributed by atoms with E-state index in [1.807, 2.05) is 12.1 Å². The van der Waals surface area contributed by atoms with E-state index in [1.165, 1.54) is 18.5 Å². The third-order valence-corrected chi connectivity index (χ3v) is 4.09. The highest BCUT2D eigenvalue weighted by Crippen LogP contribution is 2.33. The Balaban J connectivity index is 2.08. The maximum atomic E-state index is 5.97.